The quantitative estimate of drug-likeness (QED) is 0.917. The molecular weight excluding hydrogens is 250 g/mol. The van der Waals surface area contributed by atoms with Gasteiger partial charge in [-0.1, -0.05) is 6.92 Å². The lowest BCUT2D eigenvalue weighted by atomic mass is 9.96. The van der Waals surface area contributed by atoms with Crippen molar-refractivity contribution in [1.29, 1.82) is 0 Å². The van der Waals surface area contributed by atoms with Crippen LogP contribution >= 0.6 is 0 Å². The van der Waals surface area contributed by atoms with Gasteiger partial charge in [0.15, 0.2) is 0 Å². The fourth-order valence-corrected chi connectivity index (χ4v) is 2.94. The van der Waals surface area contributed by atoms with Crippen molar-refractivity contribution < 1.29 is 4.79 Å². The molecule has 2 heterocycles. The Morgan fingerprint density at radius 3 is 2.75 bits per heavy atom. The molecular formula is C16H25N3O. The molecule has 20 heavy (non-hydrogen) atoms. The van der Waals surface area contributed by atoms with Crippen LogP contribution in [0.15, 0.2) is 18.5 Å². The predicted molar refractivity (Wildman–Crippen MR) is 82.0 cm³/mol. The van der Waals surface area contributed by atoms with Gasteiger partial charge in [0, 0.05) is 31.0 Å². The number of hydrogen-bond donors (Lipinski definition) is 1. The zero-order chi connectivity index (χ0) is 14.5. The lowest BCUT2D eigenvalue weighted by Crippen LogP contribution is -2.47. The minimum Gasteiger partial charge on any atom is -0.384 e. The summed E-state index contributed by atoms with van der Waals surface area (Å²) in [7, 11) is 0. The first-order valence-corrected chi connectivity index (χ1v) is 7.65. The lowest BCUT2D eigenvalue weighted by molar-refractivity contribution is 0.0511. The molecule has 1 amide bonds. The van der Waals surface area contributed by atoms with Crippen molar-refractivity contribution in [3.8, 4) is 0 Å². The van der Waals surface area contributed by atoms with Gasteiger partial charge in [-0.15, -0.1) is 0 Å². The highest BCUT2D eigenvalue weighted by atomic mass is 16.2. The van der Waals surface area contributed by atoms with Crippen molar-refractivity contribution in [3.05, 3.63) is 24.0 Å². The molecule has 2 unspecified atom stereocenters. The van der Waals surface area contributed by atoms with Gasteiger partial charge < -0.3 is 10.2 Å². The molecule has 1 saturated heterocycles. The number of carbonyl (C=O) groups excluding carboxylic acids is 1. The molecule has 1 aromatic heterocycles. The maximum atomic E-state index is 12.9. The normalized spacial score (nSPS) is 22.6. The molecule has 1 aliphatic heterocycles. The molecule has 0 saturated carbocycles. The Balaban J connectivity index is 2.23. The second kappa shape index (κ2) is 6.73. The van der Waals surface area contributed by atoms with E-state index in [9.17, 15) is 4.79 Å². The molecule has 1 aromatic rings. The number of likely N-dealkylation sites (tertiary alicyclic amines) is 1. The summed E-state index contributed by atoms with van der Waals surface area (Å²) in [6.07, 6.45) is 7.85. The molecule has 0 radical (unpaired) electrons. The Bertz CT molecular complexity index is 451. The maximum Gasteiger partial charge on any atom is 0.258 e. The monoisotopic (exact) mass is 275 g/mol. The molecule has 2 atom stereocenters. The van der Waals surface area contributed by atoms with Gasteiger partial charge in [0.05, 0.1) is 11.3 Å². The topological polar surface area (TPSA) is 45.2 Å². The third kappa shape index (κ3) is 3.11. The van der Waals surface area contributed by atoms with E-state index in [-0.39, 0.29) is 5.91 Å². The first-order chi connectivity index (χ1) is 9.65. The second-order valence-corrected chi connectivity index (χ2v) is 5.69. The number of amides is 1. The summed E-state index contributed by atoms with van der Waals surface area (Å²) in [6.45, 7) is 7.27. The van der Waals surface area contributed by atoms with Crippen LogP contribution in [0.5, 0.6) is 0 Å². The Kier molecular flexibility index (Phi) is 4.99. The Morgan fingerprint density at radius 1 is 1.40 bits per heavy atom. The number of hydrogen-bond acceptors (Lipinski definition) is 3. The van der Waals surface area contributed by atoms with Crippen molar-refractivity contribution in [3.63, 3.8) is 0 Å². The Labute approximate surface area is 121 Å². The van der Waals surface area contributed by atoms with Gasteiger partial charge in [-0.25, -0.2) is 0 Å². The van der Waals surface area contributed by atoms with Crippen LogP contribution in [0, 0.1) is 0 Å². The molecule has 110 valence electrons. The molecule has 1 aliphatic rings. The molecule has 4 nitrogen and oxygen atoms in total. The number of aromatic nitrogens is 1. The molecule has 1 fully saturated rings. The largest absolute Gasteiger partial charge is 0.384 e. The second-order valence-electron chi connectivity index (χ2n) is 5.69. The van der Waals surface area contributed by atoms with E-state index in [1.807, 2.05) is 11.0 Å². The molecule has 0 spiro atoms. The third-order valence-corrected chi connectivity index (χ3v) is 4.04. The predicted octanol–water partition coefficient (Wildman–Crippen LogP) is 3.31. The van der Waals surface area contributed by atoms with E-state index in [1.165, 1.54) is 6.42 Å². The van der Waals surface area contributed by atoms with E-state index < -0.39 is 0 Å². The van der Waals surface area contributed by atoms with Crippen molar-refractivity contribution in [2.75, 3.05) is 11.9 Å². The number of carbonyl (C=O) groups is 1. The lowest BCUT2D eigenvalue weighted by Gasteiger charge is -2.39. The summed E-state index contributed by atoms with van der Waals surface area (Å²) in [5.41, 5.74) is 1.60. The van der Waals surface area contributed by atoms with Crippen LogP contribution in [0.2, 0.25) is 0 Å². The van der Waals surface area contributed by atoms with E-state index in [1.54, 1.807) is 12.4 Å². The van der Waals surface area contributed by atoms with E-state index >= 15 is 0 Å². The zero-order valence-electron chi connectivity index (χ0n) is 12.7. The summed E-state index contributed by atoms with van der Waals surface area (Å²) in [5, 5.41) is 3.33. The van der Waals surface area contributed by atoms with Crippen molar-refractivity contribution in [1.82, 2.24) is 9.88 Å². The average Bonchev–Trinajstić information content (AvgIpc) is 2.45. The molecule has 0 aromatic carbocycles. The number of rotatable bonds is 4. The fraction of sp³-hybridized carbons (Fsp3) is 0.625. The highest BCUT2D eigenvalue weighted by Crippen LogP contribution is 2.26. The van der Waals surface area contributed by atoms with E-state index in [2.05, 4.69) is 31.1 Å². The van der Waals surface area contributed by atoms with Gasteiger partial charge >= 0.3 is 0 Å². The first kappa shape index (κ1) is 14.8. The smallest absolute Gasteiger partial charge is 0.258 e. The fourth-order valence-electron chi connectivity index (χ4n) is 2.94. The maximum absolute atomic E-state index is 12.9. The molecule has 2 rings (SSSR count). The first-order valence-electron chi connectivity index (χ1n) is 7.65. The van der Waals surface area contributed by atoms with Gasteiger partial charge in [0.25, 0.3) is 5.91 Å². The Hall–Kier alpha value is -1.58. The number of nitrogens with zero attached hydrogens (tertiary/aromatic N) is 2. The molecule has 0 aliphatic carbocycles. The summed E-state index contributed by atoms with van der Waals surface area (Å²) in [4.78, 5) is 19.0. The number of pyridine rings is 1. The van der Waals surface area contributed by atoms with Crippen molar-refractivity contribution in [2.24, 2.45) is 0 Å². The van der Waals surface area contributed by atoms with E-state index in [0.29, 0.717) is 17.6 Å². The number of piperidine rings is 1. The van der Waals surface area contributed by atoms with Crippen molar-refractivity contribution >= 4 is 11.6 Å². The highest BCUT2D eigenvalue weighted by Gasteiger charge is 2.30. The SMILES string of the molecule is CCCNc1ccncc1C(=O)N1C(C)CCCC1C. The summed E-state index contributed by atoms with van der Waals surface area (Å²) >= 11 is 0. The summed E-state index contributed by atoms with van der Waals surface area (Å²) in [6, 6.07) is 2.51. The van der Waals surface area contributed by atoms with Gasteiger partial charge in [0.1, 0.15) is 0 Å². The minimum atomic E-state index is 0.108. The van der Waals surface area contributed by atoms with Crippen LogP contribution in [0.25, 0.3) is 0 Å². The van der Waals surface area contributed by atoms with Gasteiger partial charge in [-0.3, -0.25) is 9.78 Å². The molecule has 4 heteroatoms. The van der Waals surface area contributed by atoms with Crippen LogP contribution < -0.4 is 5.32 Å². The average molecular weight is 275 g/mol. The minimum absolute atomic E-state index is 0.108. The summed E-state index contributed by atoms with van der Waals surface area (Å²) in [5.74, 6) is 0.108. The van der Waals surface area contributed by atoms with E-state index in [0.717, 1.165) is 31.5 Å². The van der Waals surface area contributed by atoms with Crippen LogP contribution in [-0.2, 0) is 0 Å². The summed E-state index contributed by atoms with van der Waals surface area (Å²) < 4.78 is 0. The van der Waals surface area contributed by atoms with Crippen molar-refractivity contribution in [2.45, 2.75) is 58.5 Å². The third-order valence-electron chi connectivity index (χ3n) is 4.04. The van der Waals surface area contributed by atoms with Gasteiger partial charge in [-0.05, 0) is 45.6 Å². The van der Waals surface area contributed by atoms with Gasteiger partial charge in [0.2, 0.25) is 0 Å². The van der Waals surface area contributed by atoms with E-state index in [4.69, 9.17) is 0 Å². The molecule has 0 bridgehead atoms. The zero-order valence-corrected chi connectivity index (χ0v) is 12.7. The highest BCUT2D eigenvalue weighted by molar-refractivity contribution is 5.99. The standard InChI is InChI=1S/C16H25N3O/c1-4-9-18-15-8-10-17-11-14(15)16(20)19-12(2)6-5-7-13(19)3/h8,10-13H,4-7,9H2,1-3H3,(H,17,18). The van der Waals surface area contributed by atoms with Gasteiger partial charge in [-0.2, -0.15) is 0 Å². The van der Waals surface area contributed by atoms with Crippen LogP contribution in [-0.4, -0.2) is 34.4 Å². The molecule has 1 N–H and O–H groups in total. The van der Waals surface area contributed by atoms with Crippen LogP contribution in [0.1, 0.15) is 56.8 Å². The number of anilines is 1. The van der Waals surface area contributed by atoms with Crippen LogP contribution in [0.3, 0.4) is 0 Å². The Morgan fingerprint density at radius 2 is 2.10 bits per heavy atom. The van der Waals surface area contributed by atoms with Crippen LogP contribution in [0.4, 0.5) is 5.69 Å². The number of nitrogens with one attached hydrogen (secondary N) is 1.